The van der Waals surface area contributed by atoms with Gasteiger partial charge in [-0.1, -0.05) is 71.9 Å². The second-order valence-electron chi connectivity index (χ2n) is 8.24. The van der Waals surface area contributed by atoms with Crippen LogP contribution in [0.4, 0.5) is 0 Å². The molecule has 1 aliphatic carbocycles. The van der Waals surface area contributed by atoms with Gasteiger partial charge < -0.3 is 4.84 Å². The van der Waals surface area contributed by atoms with Crippen molar-refractivity contribution in [2.75, 3.05) is 0 Å². The second-order valence-corrected chi connectivity index (χ2v) is 8.24. The van der Waals surface area contributed by atoms with E-state index in [1.807, 2.05) is 19.9 Å². The first-order valence-electron chi connectivity index (χ1n) is 11.1. The first-order chi connectivity index (χ1) is 15.2. The SMILES string of the molecule is C/C=C/O/N=C(\C)C1C=CC(c2ccc(C3CCC(c4ccccc4C)=N3)cc2)=CC1. The highest BCUT2D eigenvalue weighted by molar-refractivity contribution is 6.03. The van der Waals surface area contributed by atoms with Gasteiger partial charge in [0.25, 0.3) is 0 Å². The van der Waals surface area contributed by atoms with Crippen LogP contribution in [0.15, 0.2) is 89.2 Å². The van der Waals surface area contributed by atoms with Crippen LogP contribution in [-0.4, -0.2) is 11.4 Å². The Morgan fingerprint density at radius 1 is 1.13 bits per heavy atom. The lowest BCUT2D eigenvalue weighted by molar-refractivity contribution is 0.265. The Balaban J connectivity index is 1.42. The van der Waals surface area contributed by atoms with Gasteiger partial charge in [-0.25, -0.2) is 0 Å². The van der Waals surface area contributed by atoms with Crippen molar-refractivity contribution in [1.29, 1.82) is 0 Å². The largest absolute Gasteiger partial charge is 0.365 e. The van der Waals surface area contributed by atoms with Crippen LogP contribution in [-0.2, 0) is 4.84 Å². The zero-order chi connectivity index (χ0) is 21.6. The zero-order valence-corrected chi connectivity index (χ0v) is 18.6. The number of allylic oxidation sites excluding steroid dienone is 5. The molecule has 2 unspecified atom stereocenters. The number of nitrogens with zero attached hydrogens (tertiary/aromatic N) is 2. The quantitative estimate of drug-likeness (QED) is 0.281. The third-order valence-corrected chi connectivity index (χ3v) is 6.08. The van der Waals surface area contributed by atoms with E-state index in [1.165, 1.54) is 33.5 Å². The van der Waals surface area contributed by atoms with Gasteiger partial charge in [0, 0.05) is 11.6 Å². The fourth-order valence-corrected chi connectivity index (χ4v) is 4.22. The van der Waals surface area contributed by atoms with Crippen molar-refractivity contribution in [3.63, 3.8) is 0 Å². The molecule has 3 heteroatoms. The maximum Gasteiger partial charge on any atom is 0.117 e. The summed E-state index contributed by atoms with van der Waals surface area (Å²) in [5.41, 5.74) is 8.65. The number of hydrogen-bond donors (Lipinski definition) is 0. The predicted molar refractivity (Wildman–Crippen MR) is 130 cm³/mol. The van der Waals surface area contributed by atoms with E-state index in [2.05, 4.69) is 78.8 Å². The van der Waals surface area contributed by atoms with E-state index >= 15 is 0 Å². The summed E-state index contributed by atoms with van der Waals surface area (Å²) in [7, 11) is 0. The number of aliphatic imine (C=N–C) groups is 1. The van der Waals surface area contributed by atoms with Gasteiger partial charge in [0.2, 0.25) is 0 Å². The second kappa shape index (κ2) is 9.74. The zero-order valence-electron chi connectivity index (χ0n) is 18.6. The Bertz CT molecular complexity index is 1070. The molecule has 3 nitrogen and oxygen atoms in total. The van der Waals surface area contributed by atoms with E-state index in [9.17, 15) is 0 Å². The summed E-state index contributed by atoms with van der Waals surface area (Å²) >= 11 is 0. The minimum Gasteiger partial charge on any atom is -0.365 e. The van der Waals surface area contributed by atoms with Gasteiger partial charge >= 0.3 is 0 Å². The van der Waals surface area contributed by atoms with Crippen molar-refractivity contribution < 1.29 is 4.84 Å². The van der Waals surface area contributed by atoms with Crippen molar-refractivity contribution in [3.8, 4) is 0 Å². The van der Waals surface area contributed by atoms with Crippen molar-refractivity contribution in [2.45, 2.75) is 46.1 Å². The van der Waals surface area contributed by atoms with Crippen LogP contribution in [0.2, 0.25) is 0 Å². The van der Waals surface area contributed by atoms with Crippen LogP contribution in [0.5, 0.6) is 0 Å². The molecular formula is C28H30N2O. The van der Waals surface area contributed by atoms with E-state index in [1.54, 1.807) is 6.26 Å². The molecule has 0 saturated carbocycles. The van der Waals surface area contributed by atoms with Gasteiger partial charge in [-0.3, -0.25) is 4.99 Å². The number of rotatable bonds is 6. The van der Waals surface area contributed by atoms with E-state index in [-0.39, 0.29) is 6.04 Å². The molecule has 0 N–H and O–H groups in total. The lowest BCUT2D eigenvalue weighted by Crippen LogP contribution is -2.10. The molecule has 0 radical (unpaired) electrons. The van der Waals surface area contributed by atoms with Crippen LogP contribution >= 0.6 is 0 Å². The molecule has 0 fully saturated rings. The molecule has 2 atom stereocenters. The number of hydrogen-bond acceptors (Lipinski definition) is 3. The molecule has 1 aliphatic heterocycles. The standard InChI is InChI=1S/C28H30N2O/c1-4-19-31-30-21(3)22-9-11-23(12-10-22)24-13-15-25(16-14-24)27-17-18-28(29-27)26-8-6-5-7-20(26)2/h4-9,11-16,19,22,27H,10,17-18H2,1-3H3/b19-4+,30-21+. The molecular weight excluding hydrogens is 380 g/mol. The van der Waals surface area contributed by atoms with Gasteiger partial charge in [-0.05, 0) is 73.9 Å². The van der Waals surface area contributed by atoms with E-state index in [0.29, 0.717) is 5.92 Å². The molecule has 31 heavy (non-hydrogen) atoms. The van der Waals surface area contributed by atoms with Crippen LogP contribution in [0.1, 0.15) is 61.4 Å². The van der Waals surface area contributed by atoms with E-state index in [4.69, 9.17) is 9.83 Å². The number of aryl methyl sites for hydroxylation is 1. The van der Waals surface area contributed by atoms with Gasteiger partial charge in [-0.15, -0.1) is 0 Å². The lowest BCUT2D eigenvalue weighted by Gasteiger charge is -2.16. The minimum atomic E-state index is 0.264. The Hall–Kier alpha value is -3.20. The first-order valence-corrected chi connectivity index (χ1v) is 11.1. The van der Waals surface area contributed by atoms with Crippen molar-refractivity contribution in [1.82, 2.24) is 0 Å². The van der Waals surface area contributed by atoms with Crippen LogP contribution in [0.3, 0.4) is 0 Å². The lowest BCUT2D eigenvalue weighted by atomic mass is 9.90. The smallest absolute Gasteiger partial charge is 0.117 e. The monoisotopic (exact) mass is 410 g/mol. The maximum absolute atomic E-state index is 5.16. The summed E-state index contributed by atoms with van der Waals surface area (Å²) in [6.45, 7) is 6.09. The fourth-order valence-electron chi connectivity index (χ4n) is 4.22. The van der Waals surface area contributed by atoms with Crippen LogP contribution in [0, 0.1) is 12.8 Å². The van der Waals surface area contributed by atoms with Gasteiger partial charge in [0.15, 0.2) is 0 Å². The highest BCUT2D eigenvalue weighted by Crippen LogP contribution is 2.33. The average molecular weight is 411 g/mol. The third kappa shape index (κ3) is 4.93. The molecule has 0 saturated heterocycles. The summed E-state index contributed by atoms with van der Waals surface area (Å²) < 4.78 is 0. The van der Waals surface area contributed by atoms with Crippen molar-refractivity contribution in [3.05, 3.63) is 101 Å². The molecule has 4 rings (SSSR count). The Labute approximate surface area is 185 Å². The summed E-state index contributed by atoms with van der Waals surface area (Å²) in [5, 5.41) is 4.16. The fraction of sp³-hybridized carbons (Fsp3) is 0.286. The molecule has 1 heterocycles. The van der Waals surface area contributed by atoms with Crippen molar-refractivity contribution >= 4 is 17.0 Å². The van der Waals surface area contributed by atoms with E-state index < -0.39 is 0 Å². The molecule has 2 aromatic carbocycles. The maximum atomic E-state index is 5.16. The molecule has 0 bridgehead atoms. The molecule has 158 valence electrons. The molecule has 0 aromatic heterocycles. The predicted octanol–water partition coefficient (Wildman–Crippen LogP) is 7.20. The highest BCUT2D eigenvalue weighted by Gasteiger charge is 2.21. The summed E-state index contributed by atoms with van der Waals surface area (Å²) in [5.74, 6) is 0.293. The minimum absolute atomic E-state index is 0.264. The average Bonchev–Trinajstić information content (AvgIpc) is 3.30. The molecule has 2 aliphatic rings. The molecule has 0 amide bonds. The number of oxime groups is 1. The Morgan fingerprint density at radius 2 is 1.94 bits per heavy atom. The molecule has 2 aromatic rings. The van der Waals surface area contributed by atoms with Crippen LogP contribution < -0.4 is 0 Å². The van der Waals surface area contributed by atoms with Crippen LogP contribution in [0.25, 0.3) is 5.57 Å². The topological polar surface area (TPSA) is 34.0 Å². The normalized spacial score (nSPS) is 21.3. The molecule has 0 spiro atoms. The van der Waals surface area contributed by atoms with Gasteiger partial charge in [-0.2, -0.15) is 0 Å². The first kappa shape index (κ1) is 21.0. The van der Waals surface area contributed by atoms with E-state index in [0.717, 1.165) is 25.0 Å². The summed E-state index contributed by atoms with van der Waals surface area (Å²) in [6, 6.07) is 17.7. The number of benzene rings is 2. The Morgan fingerprint density at radius 3 is 2.65 bits per heavy atom. The third-order valence-electron chi connectivity index (χ3n) is 6.08. The van der Waals surface area contributed by atoms with Crippen molar-refractivity contribution in [2.24, 2.45) is 16.1 Å². The van der Waals surface area contributed by atoms with Gasteiger partial charge in [0.1, 0.15) is 6.26 Å². The summed E-state index contributed by atoms with van der Waals surface area (Å²) in [6.07, 6.45) is 13.2. The summed E-state index contributed by atoms with van der Waals surface area (Å²) in [4.78, 5) is 10.2. The van der Waals surface area contributed by atoms with Gasteiger partial charge in [0.05, 0.1) is 11.8 Å². The highest BCUT2D eigenvalue weighted by atomic mass is 16.6. The Kier molecular flexibility index (Phi) is 6.61.